The molecule has 4 nitrogen and oxygen atoms in total. The number of aliphatic hydroxyl groups excluding tert-OH is 1. The normalized spacial score (nSPS) is 15.7. The lowest BCUT2D eigenvalue weighted by Crippen LogP contribution is -2.28. The van der Waals surface area contributed by atoms with Crippen LogP contribution < -0.4 is 5.73 Å². The molecule has 0 aliphatic rings. The summed E-state index contributed by atoms with van der Waals surface area (Å²) in [6.07, 6.45) is 2.32. The molecule has 2 unspecified atom stereocenters. The highest BCUT2D eigenvalue weighted by atomic mass is 16.4. The van der Waals surface area contributed by atoms with Crippen molar-refractivity contribution in [2.45, 2.75) is 38.8 Å². The van der Waals surface area contributed by atoms with E-state index in [4.69, 9.17) is 10.2 Å². The van der Waals surface area contributed by atoms with Crippen molar-refractivity contribution in [1.29, 1.82) is 0 Å². The molecule has 3 N–H and O–H groups in total. The zero-order chi connectivity index (χ0) is 9.84. The molecule has 0 amide bonds. The smallest absolute Gasteiger partial charge is 0.181 e. The largest absolute Gasteiger partial charge is 0.445 e. The summed E-state index contributed by atoms with van der Waals surface area (Å²) >= 11 is 0. The van der Waals surface area contributed by atoms with E-state index >= 15 is 0 Å². The lowest BCUT2D eigenvalue weighted by molar-refractivity contribution is 0.116. The van der Waals surface area contributed by atoms with Crippen LogP contribution in [0.25, 0.3) is 0 Å². The van der Waals surface area contributed by atoms with Crippen molar-refractivity contribution in [2.75, 3.05) is 0 Å². The fraction of sp³-hybridized carbons (Fsp3) is 0.667. The summed E-state index contributed by atoms with van der Waals surface area (Å²) in [6.45, 7) is 3.82. The molecule has 74 valence electrons. The summed E-state index contributed by atoms with van der Waals surface area (Å²) < 4.78 is 5.05. The van der Waals surface area contributed by atoms with Crippen LogP contribution in [0.4, 0.5) is 0 Å². The molecule has 0 saturated carbocycles. The van der Waals surface area contributed by atoms with Crippen LogP contribution >= 0.6 is 0 Å². The number of rotatable bonds is 4. The Morgan fingerprint density at radius 3 is 2.85 bits per heavy atom. The van der Waals surface area contributed by atoms with Gasteiger partial charge in [-0.1, -0.05) is 13.3 Å². The van der Waals surface area contributed by atoms with Gasteiger partial charge in [-0.15, -0.1) is 0 Å². The minimum atomic E-state index is -0.734. The fourth-order valence-corrected chi connectivity index (χ4v) is 1.28. The zero-order valence-corrected chi connectivity index (χ0v) is 8.03. The van der Waals surface area contributed by atoms with Gasteiger partial charge in [-0.2, -0.15) is 0 Å². The Balaban J connectivity index is 2.67. The maximum atomic E-state index is 9.73. The number of aliphatic hydroxyl groups is 1. The highest BCUT2D eigenvalue weighted by Gasteiger charge is 2.21. The first-order valence-electron chi connectivity index (χ1n) is 4.50. The Kier molecular flexibility index (Phi) is 3.45. The Morgan fingerprint density at radius 2 is 2.38 bits per heavy atom. The van der Waals surface area contributed by atoms with E-state index in [0.29, 0.717) is 11.5 Å². The number of nitrogens with zero attached hydrogens (tertiary/aromatic N) is 1. The molecule has 0 fully saturated rings. The molecule has 4 heteroatoms. The van der Waals surface area contributed by atoms with E-state index < -0.39 is 6.10 Å². The maximum Gasteiger partial charge on any atom is 0.181 e. The number of aromatic nitrogens is 1. The van der Waals surface area contributed by atoms with Gasteiger partial charge in [-0.05, 0) is 13.3 Å². The second kappa shape index (κ2) is 4.39. The standard InChI is InChI=1S/C9H16N2O2/c1-3-4-7(10)8(12)9-6(2)11-5-13-9/h5,7-8,12H,3-4,10H2,1-2H3. The van der Waals surface area contributed by atoms with Gasteiger partial charge in [0.1, 0.15) is 6.10 Å². The maximum absolute atomic E-state index is 9.73. The molecule has 0 bridgehead atoms. The molecule has 0 aliphatic heterocycles. The molecule has 1 aromatic heterocycles. The van der Waals surface area contributed by atoms with E-state index in [-0.39, 0.29) is 6.04 Å². The van der Waals surface area contributed by atoms with E-state index in [1.54, 1.807) is 6.92 Å². The van der Waals surface area contributed by atoms with Crippen LogP contribution in [0.1, 0.15) is 37.3 Å². The summed E-state index contributed by atoms with van der Waals surface area (Å²) in [6, 6.07) is -0.267. The molecular weight excluding hydrogens is 168 g/mol. The number of hydrogen-bond donors (Lipinski definition) is 2. The number of hydrogen-bond acceptors (Lipinski definition) is 4. The van der Waals surface area contributed by atoms with Crippen LogP contribution in [-0.2, 0) is 0 Å². The number of nitrogens with two attached hydrogens (primary N) is 1. The van der Waals surface area contributed by atoms with E-state index in [2.05, 4.69) is 4.98 Å². The molecule has 0 aliphatic carbocycles. The predicted octanol–water partition coefficient (Wildman–Crippen LogP) is 1.14. The van der Waals surface area contributed by atoms with Crippen LogP contribution in [0.5, 0.6) is 0 Å². The average molecular weight is 184 g/mol. The zero-order valence-electron chi connectivity index (χ0n) is 8.03. The first kappa shape index (κ1) is 10.2. The van der Waals surface area contributed by atoms with Crippen molar-refractivity contribution in [3.8, 4) is 0 Å². The second-order valence-corrected chi connectivity index (χ2v) is 3.20. The van der Waals surface area contributed by atoms with Crippen LogP contribution in [0.15, 0.2) is 10.8 Å². The van der Waals surface area contributed by atoms with Crippen LogP contribution in [0, 0.1) is 6.92 Å². The van der Waals surface area contributed by atoms with Crippen molar-refractivity contribution < 1.29 is 9.52 Å². The fourth-order valence-electron chi connectivity index (χ4n) is 1.28. The minimum absolute atomic E-state index is 0.267. The second-order valence-electron chi connectivity index (χ2n) is 3.20. The van der Waals surface area contributed by atoms with Crippen LogP contribution in [0.2, 0.25) is 0 Å². The van der Waals surface area contributed by atoms with Gasteiger partial charge in [0.25, 0.3) is 0 Å². The van der Waals surface area contributed by atoms with E-state index in [1.165, 1.54) is 6.39 Å². The third-order valence-corrected chi connectivity index (χ3v) is 2.08. The molecule has 0 spiro atoms. The molecule has 2 atom stereocenters. The quantitative estimate of drug-likeness (QED) is 0.736. The topological polar surface area (TPSA) is 72.3 Å². The average Bonchev–Trinajstić information content (AvgIpc) is 2.50. The molecular formula is C9H16N2O2. The number of aryl methyl sites for hydroxylation is 1. The van der Waals surface area contributed by atoms with Crippen LogP contribution in [-0.4, -0.2) is 16.1 Å². The van der Waals surface area contributed by atoms with Crippen LogP contribution in [0.3, 0.4) is 0 Å². The summed E-state index contributed by atoms with van der Waals surface area (Å²) in [7, 11) is 0. The van der Waals surface area contributed by atoms with Gasteiger partial charge >= 0.3 is 0 Å². The van der Waals surface area contributed by atoms with Gasteiger partial charge in [0, 0.05) is 6.04 Å². The predicted molar refractivity (Wildman–Crippen MR) is 49.1 cm³/mol. The van der Waals surface area contributed by atoms with Gasteiger partial charge in [0.05, 0.1) is 5.69 Å². The Labute approximate surface area is 77.8 Å². The highest BCUT2D eigenvalue weighted by Crippen LogP contribution is 2.20. The van der Waals surface area contributed by atoms with Gasteiger partial charge in [-0.25, -0.2) is 4.98 Å². The first-order chi connectivity index (χ1) is 6.16. The van der Waals surface area contributed by atoms with Gasteiger partial charge < -0.3 is 15.3 Å². The molecule has 13 heavy (non-hydrogen) atoms. The molecule has 1 aromatic rings. The Morgan fingerprint density at radius 1 is 1.69 bits per heavy atom. The molecule has 0 aromatic carbocycles. The summed E-state index contributed by atoms with van der Waals surface area (Å²) in [5.74, 6) is 0.487. The Bertz CT molecular complexity index is 260. The highest BCUT2D eigenvalue weighted by molar-refractivity contribution is 5.09. The summed E-state index contributed by atoms with van der Waals surface area (Å²) in [4.78, 5) is 3.90. The minimum Gasteiger partial charge on any atom is -0.445 e. The van der Waals surface area contributed by atoms with E-state index in [9.17, 15) is 5.11 Å². The van der Waals surface area contributed by atoms with E-state index in [0.717, 1.165) is 12.8 Å². The van der Waals surface area contributed by atoms with Gasteiger partial charge in [0.15, 0.2) is 12.2 Å². The van der Waals surface area contributed by atoms with Gasteiger partial charge in [0.2, 0.25) is 0 Å². The number of oxazole rings is 1. The first-order valence-corrected chi connectivity index (χ1v) is 4.50. The Hall–Kier alpha value is -0.870. The van der Waals surface area contributed by atoms with E-state index in [1.807, 2.05) is 6.92 Å². The van der Waals surface area contributed by atoms with Gasteiger partial charge in [-0.3, -0.25) is 0 Å². The summed E-state index contributed by atoms with van der Waals surface area (Å²) in [5.41, 5.74) is 6.46. The van der Waals surface area contributed by atoms with Crippen molar-refractivity contribution in [3.05, 3.63) is 17.8 Å². The molecule has 1 heterocycles. The SMILES string of the molecule is CCCC(N)C(O)c1ocnc1C. The third-order valence-electron chi connectivity index (χ3n) is 2.08. The lowest BCUT2D eigenvalue weighted by atomic mass is 10.0. The van der Waals surface area contributed by atoms with Crippen molar-refractivity contribution in [3.63, 3.8) is 0 Å². The van der Waals surface area contributed by atoms with Crippen molar-refractivity contribution in [2.24, 2.45) is 5.73 Å². The molecule has 0 saturated heterocycles. The molecule has 0 radical (unpaired) electrons. The van der Waals surface area contributed by atoms with Crippen molar-refractivity contribution in [1.82, 2.24) is 4.98 Å². The lowest BCUT2D eigenvalue weighted by Gasteiger charge is -2.15. The monoisotopic (exact) mass is 184 g/mol. The third kappa shape index (κ3) is 2.29. The summed E-state index contributed by atoms with van der Waals surface area (Å²) in [5, 5.41) is 9.73. The van der Waals surface area contributed by atoms with Crippen molar-refractivity contribution >= 4 is 0 Å². The molecule has 1 rings (SSSR count).